The van der Waals surface area contributed by atoms with Gasteiger partial charge < -0.3 is 23.6 Å². The molecule has 1 aromatic heterocycles. The first-order valence-corrected chi connectivity index (χ1v) is 13.5. The number of aliphatic hydroxyl groups excluding tert-OH is 1. The molecule has 1 N–H and O–H groups in total. The second-order valence-corrected chi connectivity index (χ2v) is 14.7. The number of ether oxygens (including phenoxy) is 2. The van der Waals surface area contributed by atoms with Crippen molar-refractivity contribution in [3.05, 3.63) is 26.6 Å². The molecule has 0 fully saturated rings. The standard InChI is InChI=1S/C20H32BrNO6Si/c1-12(23)28-18-13(8-9-27-29(6,7)20(2,3)4)15(24)11-22-10-14(21)17(25)19(26-5)16(18)22/h10,13,15,18,24H,8-9,11H2,1-7H3. The number of fused-ring (bicyclic) bond motifs is 1. The SMILES string of the molecule is COc1c2n(cc(Br)c1=O)CC(O)C(CCO[Si](C)(C)C(C)(C)C)C2OC(C)=O. The number of methoxy groups -OCH3 is 1. The second kappa shape index (κ2) is 8.91. The summed E-state index contributed by atoms with van der Waals surface area (Å²) >= 11 is 3.24. The minimum Gasteiger partial charge on any atom is -0.491 e. The van der Waals surface area contributed by atoms with E-state index in [-0.39, 0.29) is 22.8 Å². The number of rotatable bonds is 6. The molecule has 0 spiro atoms. The van der Waals surface area contributed by atoms with Crippen molar-refractivity contribution >= 4 is 30.2 Å². The highest BCUT2D eigenvalue weighted by Gasteiger charge is 2.42. The molecule has 0 aliphatic carbocycles. The zero-order valence-electron chi connectivity index (χ0n) is 18.2. The number of aromatic nitrogens is 1. The first-order valence-electron chi connectivity index (χ1n) is 9.76. The van der Waals surface area contributed by atoms with E-state index in [9.17, 15) is 14.7 Å². The van der Waals surface area contributed by atoms with E-state index < -0.39 is 32.4 Å². The highest BCUT2D eigenvalue weighted by atomic mass is 79.9. The van der Waals surface area contributed by atoms with Gasteiger partial charge in [0.05, 0.1) is 17.7 Å². The molecule has 0 saturated carbocycles. The minimum atomic E-state index is -1.95. The van der Waals surface area contributed by atoms with Crippen LogP contribution in [0.3, 0.4) is 0 Å². The topological polar surface area (TPSA) is 87.0 Å². The van der Waals surface area contributed by atoms with Gasteiger partial charge in [0.2, 0.25) is 5.43 Å². The second-order valence-electron chi connectivity index (χ2n) is 9.04. The van der Waals surface area contributed by atoms with Crippen LogP contribution in [0.2, 0.25) is 18.1 Å². The highest BCUT2D eigenvalue weighted by Crippen LogP contribution is 2.41. The summed E-state index contributed by atoms with van der Waals surface area (Å²) in [6, 6.07) is 0. The van der Waals surface area contributed by atoms with Gasteiger partial charge in [0.15, 0.2) is 20.2 Å². The number of hydrogen-bond donors (Lipinski definition) is 1. The molecule has 3 atom stereocenters. The molecule has 164 valence electrons. The number of aliphatic hydroxyl groups is 1. The third-order valence-corrected chi connectivity index (χ3v) is 11.1. The molecule has 3 unspecified atom stereocenters. The maximum atomic E-state index is 12.5. The summed E-state index contributed by atoms with van der Waals surface area (Å²) in [6.07, 6.45) is 0.547. The van der Waals surface area contributed by atoms with E-state index in [0.29, 0.717) is 23.2 Å². The van der Waals surface area contributed by atoms with E-state index in [4.69, 9.17) is 13.9 Å². The number of nitrogens with zero attached hydrogens (tertiary/aromatic N) is 1. The fourth-order valence-corrected chi connectivity index (χ4v) is 4.82. The Morgan fingerprint density at radius 3 is 2.52 bits per heavy atom. The largest absolute Gasteiger partial charge is 0.491 e. The van der Waals surface area contributed by atoms with Crippen molar-refractivity contribution in [2.24, 2.45) is 5.92 Å². The lowest BCUT2D eigenvalue weighted by Gasteiger charge is -2.40. The Kier molecular flexibility index (Phi) is 7.41. The Morgan fingerprint density at radius 1 is 1.38 bits per heavy atom. The third kappa shape index (κ3) is 5.12. The van der Waals surface area contributed by atoms with Gasteiger partial charge in [-0.05, 0) is 40.5 Å². The van der Waals surface area contributed by atoms with Gasteiger partial charge in [-0.2, -0.15) is 0 Å². The summed E-state index contributed by atoms with van der Waals surface area (Å²) < 4.78 is 19.3. The smallest absolute Gasteiger partial charge is 0.303 e. The molecular formula is C20H32BrNO6Si. The van der Waals surface area contributed by atoms with Crippen LogP contribution in [0.5, 0.6) is 5.75 Å². The van der Waals surface area contributed by atoms with Crippen molar-refractivity contribution in [3.63, 3.8) is 0 Å². The zero-order valence-corrected chi connectivity index (χ0v) is 20.8. The lowest BCUT2D eigenvalue weighted by molar-refractivity contribution is -0.155. The van der Waals surface area contributed by atoms with Crippen molar-refractivity contribution in [3.8, 4) is 5.75 Å². The average Bonchev–Trinajstić information content (AvgIpc) is 2.57. The lowest BCUT2D eigenvalue weighted by atomic mass is 9.86. The Bertz CT molecular complexity index is 816. The summed E-state index contributed by atoms with van der Waals surface area (Å²) in [5.41, 5.74) is 0.155. The molecule has 1 aliphatic heterocycles. The molecule has 1 aliphatic rings. The fourth-order valence-electron chi connectivity index (χ4n) is 3.34. The van der Waals surface area contributed by atoms with Gasteiger partial charge in [0.25, 0.3) is 0 Å². The molecule has 1 aromatic rings. The monoisotopic (exact) mass is 489 g/mol. The van der Waals surface area contributed by atoms with Gasteiger partial charge in [0, 0.05) is 32.2 Å². The van der Waals surface area contributed by atoms with E-state index in [0.717, 1.165) is 0 Å². The van der Waals surface area contributed by atoms with Crippen LogP contribution in [0.25, 0.3) is 0 Å². The van der Waals surface area contributed by atoms with Crippen LogP contribution in [0.1, 0.15) is 45.9 Å². The third-order valence-electron chi connectivity index (χ3n) is 5.99. The van der Waals surface area contributed by atoms with Gasteiger partial charge in [-0.3, -0.25) is 9.59 Å². The summed E-state index contributed by atoms with van der Waals surface area (Å²) in [5.74, 6) is -0.769. The van der Waals surface area contributed by atoms with Crippen LogP contribution in [0, 0.1) is 5.92 Å². The Hall–Kier alpha value is -1.16. The maximum absolute atomic E-state index is 12.5. The van der Waals surface area contributed by atoms with Crippen molar-refractivity contribution in [1.29, 1.82) is 0 Å². The summed E-state index contributed by atoms with van der Waals surface area (Å²) in [7, 11) is -0.535. The van der Waals surface area contributed by atoms with Crippen LogP contribution < -0.4 is 10.2 Å². The van der Waals surface area contributed by atoms with E-state index in [1.807, 2.05) is 0 Å². The van der Waals surface area contributed by atoms with Crippen molar-refractivity contribution in [2.75, 3.05) is 13.7 Å². The van der Waals surface area contributed by atoms with Crippen molar-refractivity contribution in [2.45, 2.75) is 71.0 Å². The number of hydrogen-bond acceptors (Lipinski definition) is 6. The maximum Gasteiger partial charge on any atom is 0.303 e. The van der Waals surface area contributed by atoms with Gasteiger partial charge in [-0.1, -0.05) is 20.8 Å². The Morgan fingerprint density at radius 2 is 2.00 bits per heavy atom. The van der Waals surface area contributed by atoms with Gasteiger partial charge in [0.1, 0.15) is 5.69 Å². The number of pyridine rings is 1. The number of carbonyl (C=O) groups excluding carboxylic acids is 1. The van der Waals surface area contributed by atoms with Crippen molar-refractivity contribution in [1.82, 2.24) is 4.57 Å². The first kappa shape index (κ1) is 24.1. The molecule has 2 heterocycles. The molecular weight excluding hydrogens is 458 g/mol. The quantitative estimate of drug-likeness (QED) is 0.484. The van der Waals surface area contributed by atoms with E-state index in [1.54, 1.807) is 10.8 Å². The van der Waals surface area contributed by atoms with Gasteiger partial charge in [-0.25, -0.2) is 0 Å². The molecule has 7 nitrogen and oxygen atoms in total. The number of halogens is 1. The van der Waals surface area contributed by atoms with Crippen molar-refractivity contribution < 1.29 is 23.8 Å². The predicted molar refractivity (Wildman–Crippen MR) is 117 cm³/mol. The van der Waals surface area contributed by atoms with Crippen LogP contribution in [-0.4, -0.2) is 43.8 Å². The molecule has 0 saturated heterocycles. The molecule has 0 aromatic carbocycles. The highest BCUT2D eigenvalue weighted by molar-refractivity contribution is 9.10. The van der Waals surface area contributed by atoms with E-state index in [1.165, 1.54) is 14.0 Å². The van der Waals surface area contributed by atoms with Crippen LogP contribution in [0.15, 0.2) is 15.5 Å². The molecule has 0 radical (unpaired) electrons. The summed E-state index contributed by atoms with van der Waals surface area (Å²) in [5, 5.41) is 10.9. The fraction of sp³-hybridized carbons (Fsp3) is 0.700. The number of esters is 1. The Balaban J connectivity index is 2.37. The first-order chi connectivity index (χ1) is 13.3. The zero-order chi connectivity index (χ0) is 22.1. The lowest BCUT2D eigenvalue weighted by Crippen LogP contribution is -2.44. The van der Waals surface area contributed by atoms with Gasteiger partial charge in [-0.15, -0.1) is 0 Å². The average molecular weight is 490 g/mol. The number of carbonyl (C=O) groups is 1. The normalized spacial score (nSPS) is 22.2. The van der Waals surface area contributed by atoms with E-state index >= 15 is 0 Å². The van der Waals surface area contributed by atoms with Crippen LogP contribution >= 0.6 is 15.9 Å². The minimum absolute atomic E-state index is 0.0723. The molecule has 9 heteroatoms. The predicted octanol–water partition coefficient (Wildman–Crippen LogP) is 3.63. The van der Waals surface area contributed by atoms with E-state index in [2.05, 4.69) is 49.8 Å². The van der Waals surface area contributed by atoms with Crippen LogP contribution in [-0.2, 0) is 20.5 Å². The summed E-state index contributed by atoms with van der Waals surface area (Å²) in [4.78, 5) is 24.4. The summed E-state index contributed by atoms with van der Waals surface area (Å²) in [6.45, 7) is 12.9. The molecule has 29 heavy (non-hydrogen) atoms. The van der Waals surface area contributed by atoms with Gasteiger partial charge >= 0.3 is 5.97 Å². The molecule has 0 bridgehead atoms. The Labute approximate surface area is 181 Å². The molecule has 2 rings (SSSR count). The van der Waals surface area contributed by atoms with Crippen LogP contribution in [0.4, 0.5) is 0 Å². The molecule has 0 amide bonds.